The van der Waals surface area contributed by atoms with Crippen molar-refractivity contribution in [2.45, 2.75) is 50.3 Å². The maximum Gasteiger partial charge on any atom is 0.407 e. The molecule has 0 atom stereocenters. The summed E-state index contributed by atoms with van der Waals surface area (Å²) in [6.45, 7) is 7.21. The lowest BCUT2D eigenvalue weighted by Crippen LogP contribution is -2.38. The lowest BCUT2D eigenvalue weighted by molar-refractivity contribution is -0.121. The standard InChI is InChI=1S/C23H44N2O8S/c1-3-22(26)24-8-9-28-10-11-29-12-13-30-14-15-31-16-17-32-18-19-33-23(27)25-20-4-6-21(34-2)7-5-20/h20-21H,3-19H2,1-2H3,(H,24,26)(H,25,27). The van der Waals surface area contributed by atoms with Crippen LogP contribution >= 0.6 is 11.8 Å². The molecule has 0 radical (unpaired) electrons. The predicted octanol–water partition coefficient (Wildman–Crippen LogP) is 2.00. The minimum Gasteiger partial charge on any atom is -0.447 e. The normalized spacial score (nSPS) is 17.9. The number of hydrogen-bond acceptors (Lipinski definition) is 9. The minimum atomic E-state index is -0.362. The van der Waals surface area contributed by atoms with Gasteiger partial charge >= 0.3 is 6.09 Å². The van der Waals surface area contributed by atoms with Gasteiger partial charge in [0.1, 0.15) is 6.61 Å². The maximum absolute atomic E-state index is 11.8. The van der Waals surface area contributed by atoms with Crippen molar-refractivity contribution in [1.29, 1.82) is 0 Å². The third-order valence-corrected chi connectivity index (χ3v) is 6.31. The Bertz CT molecular complexity index is 507. The van der Waals surface area contributed by atoms with Crippen LogP contribution in [0.1, 0.15) is 39.0 Å². The van der Waals surface area contributed by atoms with E-state index in [4.69, 9.17) is 28.4 Å². The van der Waals surface area contributed by atoms with E-state index in [1.807, 2.05) is 18.7 Å². The maximum atomic E-state index is 11.8. The molecule has 34 heavy (non-hydrogen) atoms. The van der Waals surface area contributed by atoms with Crippen LogP contribution in [0, 0.1) is 0 Å². The van der Waals surface area contributed by atoms with E-state index in [1.54, 1.807) is 0 Å². The zero-order valence-corrected chi connectivity index (χ0v) is 21.7. The summed E-state index contributed by atoms with van der Waals surface area (Å²) in [4.78, 5) is 22.8. The number of thioether (sulfide) groups is 1. The molecule has 2 N–H and O–H groups in total. The Kier molecular flexibility index (Phi) is 20.3. The van der Waals surface area contributed by atoms with Gasteiger partial charge < -0.3 is 39.1 Å². The highest BCUT2D eigenvalue weighted by Gasteiger charge is 2.22. The quantitative estimate of drug-likeness (QED) is 0.225. The van der Waals surface area contributed by atoms with Crippen molar-refractivity contribution in [2.75, 3.05) is 85.5 Å². The molecule has 0 saturated heterocycles. The lowest BCUT2D eigenvalue weighted by Gasteiger charge is -2.27. The van der Waals surface area contributed by atoms with E-state index >= 15 is 0 Å². The highest BCUT2D eigenvalue weighted by atomic mass is 32.2. The third-order valence-electron chi connectivity index (χ3n) is 5.17. The molecule has 0 aliphatic heterocycles. The number of carbonyl (C=O) groups excluding carboxylic acids is 2. The molecule has 10 nitrogen and oxygen atoms in total. The largest absolute Gasteiger partial charge is 0.447 e. The summed E-state index contributed by atoms with van der Waals surface area (Å²) in [6.07, 6.45) is 6.59. The Balaban J connectivity index is 1.73. The van der Waals surface area contributed by atoms with E-state index in [9.17, 15) is 9.59 Å². The first-order valence-corrected chi connectivity index (χ1v) is 13.6. The molecule has 1 aliphatic rings. The third kappa shape index (κ3) is 18.2. The molecular formula is C23H44N2O8S. The number of nitrogens with one attached hydrogen (secondary N) is 2. The van der Waals surface area contributed by atoms with Crippen LogP contribution in [-0.2, 0) is 33.2 Å². The van der Waals surface area contributed by atoms with Gasteiger partial charge in [0.2, 0.25) is 5.91 Å². The highest BCUT2D eigenvalue weighted by molar-refractivity contribution is 7.99. The van der Waals surface area contributed by atoms with Crippen LogP contribution in [0.5, 0.6) is 0 Å². The lowest BCUT2D eigenvalue weighted by atomic mass is 9.95. The second-order valence-corrected chi connectivity index (χ2v) is 8.89. The van der Waals surface area contributed by atoms with Crippen molar-refractivity contribution < 1.29 is 38.0 Å². The number of hydrogen-bond donors (Lipinski definition) is 2. The summed E-state index contributed by atoms with van der Waals surface area (Å²) in [6, 6.07) is 0.227. The molecule has 1 fully saturated rings. The Morgan fingerprint density at radius 3 is 1.68 bits per heavy atom. The molecule has 0 aromatic heterocycles. The van der Waals surface area contributed by atoms with E-state index in [-0.39, 0.29) is 24.6 Å². The minimum absolute atomic E-state index is 0.0263. The van der Waals surface area contributed by atoms with Gasteiger partial charge in [0, 0.05) is 24.3 Å². The number of amides is 2. The van der Waals surface area contributed by atoms with Crippen LogP contribution in [0.15, 0.2) is 0 Å². The van der Waals surface area contributed by atoms with Crippen LogP contribution in [0.4, 0.5) is 4.79 Å². The number of rotatable bonds is 21. The van der Waals surface area contributed by atoms with E-state index < -0.39 is 0 Å². The van der Waals surface area contributed by atoms with Gasteiger partial charge in [-0.2, -0.15) is 11.8 Å². The Morgan fingerprint density at radius 1 is 0.735 bits per heavy atom. The zero-order valence-electron chi connectivity index (χ0n) is 20.8. The fraction of sp³-hybridized carbons (Fsp3) is 0.913. The van der Waals surface area contributed by atoms with Crippen LogP contribution in [0.3, 0.4) is 0 Å². The fourth-order valence-corrected chi connectivity index (χ4v) is 3.96. The molecule has 2 amide bonds. The fourth-order valence-electron chi connectivity index (χ4n) is 3.21. The Hall–Kier alpha value is -1.11. The Labute approximate surface area is 208 Å². The van der Waals surface area contributed by atoms with Gasteiger partial charge in [0.05, 0.1) is 66.1 Å². The SMILES string of the molecule is CCC(=O)NCCOCCOCCOCCOCCOCCOC(=O)NC1CCC(SC)CC1. The molecule has 1 aliphatic carbocycles. The summed E-state index contributed by atoms with van der Waals surface area (Å²) in [5.74, 6) is 0.0263. The second kappa shape index (κ2) is 22.4. The van der Waals surface area contributed by atoms with E-state index in [2.05, 4.69) is 16.9 Å². The van der Waals surface area contributed by atoms with Crippen LogP contribution in [0.2, 0.25) is 0 Å². The number of carbonyl (C=O) groups is 2. The average Bonchev–Trinajstić information content (AvgIpc) is 2.85. The summed E-state index contributed by atoms with van der Waals surface area (Å²) in [5.41, 5.74) is 0. The van der Waals surface area contributed by atoms with E-state index in [0.29, 0.717) is 79.0 Å². The van der Waals surface area contributed by atoms with Crippen molar-refractivity contribution in [3.8, 4) is 0 Å². The number of ether oxygens (including phenoxy) is 6. The second-order valence-electron chi connectivity index (χ2n) is 7.75. The molecule has 1 rings (SSSR count). The van der Waals surface area contributed by atoms with Crippen molar-refractivity contribution >= 4 is 23.8 Å². The smallest absolute Gasteiger partial charge is 0.407 e. The molecule has 11 heteroatoms. The summed E-state index contributed by atoms with van der Waals surface area (Å²) in [5, 5.41) is 6.39. The van der Waals surface area contributed by atoms with Crippen LogP contribution in [-0.4, -0.2) is 109 Å². The van der Waals surface area contributed by atoms with Gasteiger partial charge in [-0.1, -0.05) is 6.92 Å². The molecule has 1 saturated carbocycles. The van der Waals surface area contributed by atoms with Gasteiger partial charge in [-0.3, -0.25) is 4.79 Å². The molecular weight excluding hydrogens is 464 g/mol. The average molecular weight is 509 g/mol. The highest BCUT2D eigenvalue weighted by Crippen LogP contribution is 2.26. The summed E-state index contributed by atoms with van der Waals surface area (Å²) in [7, 11) is 0. The summed E-state index contributed by atoms with van der Waals surface area (Å²) >= 11 is 1.91. The van der Waals surface area contributed by atoms with Crippen molar-refractivity contribution in [2.24, 2.45) is 0 Å². The Morgan fingerprint density at radius 2 is 1.21 bits per heavy atom. The first kappa shape index (κ1) is 30.9. The van der Waals surface area contributed by atoms with Crippen molar-refractivity contribution in [1.82, 2.24) is 10.6 Å². The molecule has 0 spiro atoms. The first-order chi connectivity index (χ1) is 16.7. The van der Waals surface area contributed by atoms with Crippen LogP contribution in [0.25, 0.3) is 0 Å². The van der Waals surface area contributed by atoms with Crippen molar-refractivity contribution in [3.05, 3.63) is 0 Å². The molecule has 0 bridgehead atoms. The monoisotopic (exact) mass is 508 g/mol. The van der Waals surface area contributed by atoms with E-state index in [1.165, 1.54) is 0 Å². The van der Waals surface area contributed by atoms with Gasteiger partial charge in [-0.05, 0) is 31.9 Å². The van der Waals surface area contributed by atoms with Gasteiger partial charge in [-0.25, -0.2) is 4.79 Å². The van der Waals surface area contributed by atoms with Gasteiger partial charge in [-0.15, -0.1) is 0 Å². The first-order valence-electron chi connectivity index (χ1n) is 12.3. The predicted molar refractivity (Wildman–Crippen MR) is 131 cm³/mol. The van der Waals surface area contributed by atoms with Crippen LogP contribution < -0.4 is 10.6 Å². The topological polar surface area (TPSA) is 114 Å². The molecule has 0 heterocycles. The molecule has 0 unspecified atom stereocenters. The van der Waals surface area contributed by atoms with Gasteiger partial charge in [0.15, 0.2) is 0 Å². The zero-order chi connectivity index (χ0) is 24.7. The molecule has 0 aromatic carbocycles. The molecule has 0 aromatic rings. The summed E-state index contributed by atoms with van der Waals surface area (Å²) < 4.78 is 32.1. The number of alkyl carbamates (subject to hydrolysis) is 1. The molecule has 200 valence electrons. The van der Waals surface area contributed by atoms with Gasteiger partial charge in [0.25, 0.3) is 0 Å². The van der Waals surface area contributed by atoms with Crippen molar-refractivity contribution in [3.63, 3.8) is 0 Å². The van der Waals surface area contributed by atoms with E-state index in [0.717, 1.165) is 30.9 Å².